The van der Waals surface area contributed by atoms with E-state index in [9.17, 15) is 14.4 Å². The second-order valence-electron chi connectivity index (χ2n) is 9.49. The molecule has 0 heterocycles. The lowest BCUT2D eigenvalue weighted by molar-refractivity contribution is -0.127. The van der Waals surface area contributed by atoms with Gasteiger partial charge in [-0.25, -0.2) is 4.99 Å². The Balaban J connectivity index is 1.57. The molecule has 0 saturated heterocycles. The summed E-state index contributed by atoms with van der Waals surface area (Å²) in [6.07, 6.45) is 0.162. The van der Waals surface area contributed by atoms with Crippen LogP contribution in [0.3, 0.4) is 0 Å². The van der Waals surface area contributed by atoms with Crippen LogP contribution in [0.5, 0.6) is 11.5 Å². The average molecular weight is 600 g/mol. The van der Waals surface area contributed by atoms with Crippen LogP contribution < -0.4 is 38.3 Å². The highest BCUT2D eigenvalue weighted by Gasteiger charge is 2.26. The van der Waals surface area contributed by atoms with E-state index in [4.69, 9.17) is 39.3 Å². The molecule has 0 aliphatic heterocycles. The largest absolute Gasteiger partial charge is 0.455 e. The fourth-order valence-electron chi connectivity index (χ4n) is 4.17. The number of ether oxygens (including phenoxy) is 1. The average Bonchev–Trinajstić information content (AvgIpc) is 2.96. The summed E-state index contributed by atoms with van der Waals surface area (Å²) in [6, 6.07) is 24.5. The first-order chi connectivity index (χ1) is 20.6. The van der Waals surface area contributed by atoms with E-state index >= 15 is 0 Å². The summed E-state index contributed by atoms with van der Waals surface area (Å²) in [5.41, 5.74) is 24.8. The van der Waals surface area contributed by atoms with E-state index in [0.29, 0.717) is 22.0 Å². The summed E-state index contributed by atoms with van der Waals surface area (Å²) in [5.74, 6) is -1.41. The van der Waals surface area contributed by atoms with Gasteiger partial charge in [0, 0.05) is 10.6 Å². The number of benzene rings is 4. The molecule has 10 N–H and O–H groups in total. The van der Waals surface area contributed by atoms with Crippen LogP contribution in [0.1, 0.15) is 27.5 Å². The highest BCUT2D eigenvalue weighted by atomic mass is 35.5. The third-order valence-electron chi connectivity index (χ3n) is 6.19. The second-order valence-corrected chi connectivity index (χ2v) is 9.93. The first-order valence-corrected chi connectivity index (χ1v) is 13.4. The van der Waals surface area contributed by atoms with E-state index in [-0.39, 0.29) is 29.4 Å². The number of amides is 3. The minimum absolute atomic E-state index is 0.0960. The number of hydrogen-bond donors (Lipinski definition) is 6. The summed E-state index contributed by atoms with van der Waals surface area (Å²) in [5, 5.41) is 5.97. The van der Waals surface area contributed by atoms with Gasteiger partial charge >= 0.3 is 0 Å². The molecule has 0 saturated carbocycles. The quantitative estimate of drug-likeness (QED) is 0.112. The summed E-state index contributed by atoms with van der Waals surface area (Å²) in [6.45, 7) is 0. The van der Waals surface area contributed by atoms with Gasteiger partial charge in [-0.05, 0) is 66.1 Å². The number of nitrogens with zero attached hydrogens (tertiary/aromatic N) is 1. The minimum Gasteiger partial charge on any atom is -0.455 e. The molecule has 0 aromatic heterocycles. The predicted molar refractivity (Wildman–Crippen MR) is 166 cm³/mol. The van der Waals surface area contributed by atoms with E-state index in [2.05, 4.69) is 15.6 Å². The second kappa shape index (κ2) is 14.0. The fraction of sp³-hybridized carbons (Fsp3) is 0.0968. The molecule has 0 radical (unpaired) electrons. The Bertz CT molecular complexity index is 1660. The van der Waals surface area contributed by atoms with E-state index in [1.165, 1.54) is 18.2 Å². The molecule has 0 fully saturated rings. The maximum atomic E-state index is 13.7. The van der Waals surface area contributed by atoms with Crippen molar-refractivity contribution in [2.24, 2.45) is 27.9 Å². The Labute approximate surface area is 252 Å². The fourth-order valence-corrected chi connectivity index (χ4v) is 4.35. The molecule has 11 nitrogen and oxygen atoms in total. The van der Waals surface area contributed by atoms with Gasteiger partial charge in [-0.15, -0.1) is 0 Å². The van der Waals surface area contributed by atoms with Crippen molar-refractivity contribution < 1.29 is 19.1 Å². The molecule has 43 heavy (non-hydrogen) atoms. The maximum Gasteiger partial charge on any atom is 0.251 e. The van der Waals surface area contributed by atoms with Crippen molar-refractivity contribution in [1.82, 2.24) is 5.32 Å². The molecular weight excluding hydrogens is 570 g/mol. The molecule has 0 aliphatic carbocycles. The van der Waals surface area contributed by atoms with Crippen LogP contribution in [0.4, 0.5) is 11.4 Å². The van der Waals surface area contributed by atoms with Gasteiger partial charge in [-0.1, -0.05) is 60.1 Å². The monoisotopic (exact) mass is 599 g/mol. The van der Waals surface area contributed by atoms with Crippen molar-refractivity contribution in [2.45, 2.75) is 18.5 Å². The molecule has 0 unspecified atom stereocenters. The topological polar surface area (TPSA) is 201 Å². The number of carbonyl (C=O) groups is 3. The summed E-state index contributed by atoms with van der Waals surface area (Å²) in [7, 11) is 0. The number of rotatable bonds is 11. The number of halogens is 1. The van der Waals surface area contributed by atoms with E-state index in [1.54, 1.807) is 78.9 Å². The lowest BCUT2D eigenvalue weighted by Gasteiger charge is -2.22. The van der Waals surface area contributed by atoms with Crippen molar-refractivity contribution in [1.29, 1.82) is 0 Å². The number of nitrogens with one attached hydrogen (secondary N) is 2. The highest BCUT2D eigenvalue weighted by Crippen LogP contribution is 2.32. The van der Waals surface area contributed by atoms with E-state index < -0.39 is 29.8 Å². The Kier molecular flexibility index (Phi) is 9.94. The Morgan fingerprint density at radius 2 is 1.58 bits per heavy atom. The zero-order valence-electron chi connectivity index (χ0n) is 22.9. The summed E-state index contributed by atoms with van der Waals surface area (Å²) < 4.78 is 5.95. The SMILES string of the molecule is NC(=O)c1ccc(NC(=O)[C@@H](NC(=O)[C@@H](N)Cc2cccc(N=C(N)N)c2)c2ccccc2)c(Oc2cccc(Cl)c2)c1. The summed E-state index contributed by atoms with van der Waals surface area (Å²) in [4.78, 5) is 42.8. The molecule has 0 bridgehead atoms. The third-order valence-corrected chi connectivity index (χ3v) is 6.43. The zero-order valence-corrected chi connectivity index (χ0v) is 23.6. The van der Waals surface area contributed by atoms with Crippen LogP contribution in [0.25, 0.3) is 0 Å². The van der Waals surface area contributed by atoms with Gasteiger partial charge in [0.05, 0.1) is 17.4 Å². The van der Waals surface area contributed by atoms with Gasteiger partial charge in [-0.3, -0.25) is 14.4 Å². The first kappa shape index (κ1) is 30.6. The van der Waals surface area contributed by atoms with Gasteiger partial charge in [0.25, 0.3) is 5.91 Å². The van der Waals surface area contributed by atoms with Gasteiger partial charge in [0.2, 0.25) is 11.8 Å². The maximum absolute atomic E-state index is 13.7. The normalized spacial score (nSPS) is 12.0. The van der Waals surface area contributed by atoms with Gasteiger partial charge < -0.3 is 38.3 Å². The van der Waals surface area contributed by atoms with Crippen molar-refractivity contribution in [2.75, 3.05) is 5.32 Å². The van der Waals surface area contributed by atoms with Crippen LogP contribution in [0, 0.1) is 0 Å². The molecule has 0 spiro atoms. The van der Waals surface area contributed by atoms with Crippen LogP contribution in [-0.4, -0.2) is 29.7 Å². The van der Waals surface area contributed by atoms with Crippen molar-refractivity contribution >= 4 is 46.7 Å². The van der Waals surface area contributed by atoms with Crippen molar-refractivity contribution in [3.05, 3.63) is 119 Å². The zero-order chi connectivity index (χ0) is 30.9. The predicted octanol–water partition coefficient (Wildman–Crippen LogP) is 3.50. The van der Waals surface area contributed by atoms with E-state index in [0.717, 1.165) is 5.56 Å². The third kappa shape index (κ3) is 8.55. The number of nitrogens with two attached hydrogens (primary N) is 4. The standard InChI is InChI=1S/C31H30ClN7O4/c32-21-9-5-11-23(17-21)43-26-16-20(28(34)40)12-13-25(26)38-30(42)27(19-7-2-1-3-8-19)39-29(41)24(33)15-18-6-4-10-22(14-18)37-31(35)36/h1-14,16-17,24,27H,15,33H2,(H2,34,40)(H,38,42)(H,39,41)(H4,35,36,37)/t24-,27-/m0/s1. The first-order valence-electron chi connectivity index (χ1n) is 13.1. The minimum atomic E-state index is -1.12. The smallest absolute Gasteiger partial charge is 0.251 e. The molecule has 12 heteroatoms. The molecule has 3 amide bonds. The Hall–Kier alpha value is -5.39. The number of guanidine groups is 1. The van der Waals surface area contributed by atoms with Crippen LogP contribution >= 0.6 is 11.6 Å². The van der Waals surface area contributed by atoms with Gasteiger partial charge in [-0.2, -0.15) is 0 Å². The molecule has 4 aromatic rings. The lowest BCUT2D eigenvalue weighted by Crippen LogP contribution is -2.46. The van der Waals surface area contributed by atoms with Crippen molar-refractivity contribution in [3.63, 3.8) is 0 Å². The van der Waals surface area contributed by atoms with Crippen LogP contribution in [-0.2, 0) is 16.0 Å². The Morgan fingerprint density at radius 1 is 0.837 bits per heavy atom. The van der Waals surface area contributed by atoms with Crippen LogP contribution in [0.15, 0.2) is 102 Å². The molecule has 2 atom stereocenters. The lowest BCUT2D eigenvalue weighted by atomic mass is 10.0. The number of hydrogen-bond acceptors (Lipinski definition) is 6. The summed E-state index contributed by atoms with van der Waals surface area (Å²) >= 11 is 6.09. The number of aliphatic imine (C=N–C) groups is 1. The molecule has 4 rings (SSSR count). The van der Waals surface area contributed by atoms with Gasteiger partial charge in [0.15, 0.2) is 11.7 Å². The number of carbonyl (C=O) groups excluding carboxylic acids is 3. The molecular formula is C31H30ClN7O4. The van der Waals surface area contributed by atoms with Crippen LogP contribution in [0.2, 0.25) is 5.02 Å². The number of anilines is 1. The van der Waals surface area contributed by atoms with Crippen molar-refractivity contribution in [3.8, 4) is 11.5 Å². The van der Waals surface area contributed by atoms with Gasteiger partial charge in [0.1, 0.15) is 11.8 Å². The number of primary amides is 1. The highest BCUT2D eigenvalue weighted by molar-refractivity contribution is 6.30. The Morgan fingerprint density at radius 3 is 2.28 bits per heavy atom. The molecule has 220 valence electrons. The molecule has 4 aromatic carbocycles. The van der Waals surface area contributed by atoms with E-state index in [1.807, 2.05) is 0 Å². The molecule has 0 aliphatic rings.